The highest BCUT2D eigenvalue weighted by molar-refractivity contribution is 4.98. The molecule has 6 heteroatoms. The fourth-order valence-corrected chi connectivity index (χ4v) is 2.85. The van der Waals surface area contributed by atoms with Gasteiger partial charge in [-0.1, -0.05) is 0 Å². The molecule has 0 aliphatic carbocycles. The monoisotopic (exact) mass is 260 g/mol. The molecule has 0 bridgehead atoms. The van der Waals surface area contributed by atoms with Crippen molar-refractivity contribution in [3.8, 4) is 0 Å². The van der Waals surface area contributed by atoms with Crippen LogP contribution in [0, 0.1) is 0 Å². The number of hydrogen-bond donors (Lipinski definition) is 1. The van der Waals surface area contributed by atoms with Gasteiger partial charge in [-0.25, -0.2) is 0 Å². The van der Waals surface area contributed by atoms with E-state index < -0.39 is 24.0 Å². The molecule has 1 unspecified atom stereocenters. The molecule has 0 amide bonds. The van der Waals surface area contributed by atoms with Gasteiger partial charge in [-0.15, -0.1) is 0 Å². The number of aliphatic hydroxyl groups excluding tert-OH is 1. The van der Waals surface area contributed by atoms with Gasteiger partial charge < -0.3 is 28.8 Å². The van der Waals surface area contributed by atoms with Crippen molar-refractivity contribution in [1.29, 1.82) is 0 Å². The van der Waals surface area contributed by atoms with E-state index in [9.17, 15) is 5.11 Å². The van der Waals surface area contributed by atoms with Crippen LogP contribution in [0.1, 0.15) is 27.7 Å². The molecule has 1 N–H and O–H groups in total. The molecule has 104 valence electrons. The molecular weight excluding hydrogens is 240 g/mol. The molecule has 5 atom stereocenters. The van der Waals surface area contributed by atoms with Crippen LogP contribution in [0.15, 0.2) is 0 Å². The third-order valence-electron chi connectivity index (χ3n) is 3.42. The van der Waals surface area contributed by atoms with Crippen molar-refractivity contribution in [2.24, 2.45) is 0 Å². The smallest absolute Gasteiger partial charge is 0.184 e. The topological polar surface area (TPSA) is 66.4 Å². The first-order chi connectivity index (χ1) is 8.27. The third-order valence-corrected chi connectivity index (χ3v) is 3.42. The largest absolute Gasteiger partial charge is 0.366 e. The van der Waals surface area contributed by atoms with Gasteiger partial charge in [-0.2, -0.15) is 0 Å². The molecule has 3 fully saturated rings. The average Bonchev–Trinajstić information content (AvgIpc) is 2.68. The fourth-order valence-electron chi connectivity index (χ4n) is 2.85. The van der Waals surface area contributed by atoms with Gasteiger partial charge in [-0.3, -0.25) is 0 Å². The Bertz CT molecular complexity index is 341. The Kier molecular flexibility index (Phi) is 2.75. The summed E-state index contributed by atoms with van der Waals surface area (Å²) in [5, 5.41) is 9.94. The SMILES string of the molecule is CC1(C)O[C@H]2[C@@H]3OC(C)(C)O[C@H]3C(O)OC[C@H]2O1. The van der Waals surface area contributed by atoms with Crippen molar-refractivity contribution >= 4 is 0 Å². The van der Waals surface area contributed by atoms with Crippen molar-refractivity contribution in [1.82, 2.24) is 0 Å². The van der Waals surface area contributed by atoms with Crippen LogP contribution in [0.3, 0.4) is 0 Å². The van der Waals surface area contributed by atoms with Crippen LogP contribution < -0.4 is 0 Å². The van der Waals surface area contributed by atoms with Gasteiger partial charge in [0.1, 0.15) is 24.4 Å². The molecule has 0 saturated carbocycles. The zero-order valence-corrected chi connectivity index (χ0v) is 11.1. The van der Waals surface area contributed by atoms with Gasteiger partial charge in [0.25, 0.3) is 0 Å². The fraction of sp³-hybridized carbons (Fsp3) is 1.00. The quantitative estimate of drug-likeness (QED) is 0.679. The summed E-state index contributed by atoms with van der Waals surface area (Å²) in [5.74, 6) is -1.42. The third kappa shape index (κ3) is 2.07. The molecule has 18 heavy (non-hydrogen) atoms. The van der Waals surface area contributed by atoms with Crippen molar-refractivity contribution < 1.29 is 28.8 Å². The van der Waals surface area contributed by atoms with E-state index in [0.717, 1.165) is 0 Å². The molecule has 0 spiro atoms. The lowest BCUT2D eigenvalue weighted by Crippen LogP contribution is -2.43. The van der Waals surface area contributed by atoms with Crippen LogP contribution in [-0.4, -0.2) is 54.0 Å². The summed E-state index contributed by atoms with van der Waals surface area (Å²) >= 11 is 0. The maximum absolute atomic E-state index is 9.94. The zero-order chi connectivity index (χ0) is 13.1. The second kappa shape index (κ2) is 3.88. The normalized spacial score (nSPS) is 49.5. The van der Waals surface area contributed by atoms with Crippen LogP contribution in [0.25, 0.3) is 0 Å². The minimum Gasteiger partial charge on any atom is -0.366 e. The highest BCUT2D eigenvalue weighted by atomic mass is 16.8. The first kappa shape index (κ1) is 12.8. The summed E-state index contributed by atoms with van der Waals surface area (Å²) in [5.41, 5.74) is 0. The highest BCUT2D eigenvalue weighted by Gasteiger charge is 2.57. The van der Waals surface area contributed by atoms with Crippen LogP contribution in [-0.2, 0) is 23.7 Å². The molecule has 0 aromatic heterocycles. The van der Waals surface area contributed by atoms with Crippen LogP contribution in [0.4, 0.5) is 0 Å². The number of fused-ring (bicyclic) bond motifs is 3. The van der Waals surface area contributed by atoms with Gasteiger partial charge in [0.15, 0.2) is 17.9 Å². The summed E-state index contributed by atoms with van der Waals surface area (Å²) < 4.78 is 28.5. The highest BCUT2D eigenvalue weighted by Crippen LogP contribution is 2.41. The lowest BCUT2D eigenvalue weighted by atomic mass is 10.0. The lowest BCUT2D eigenvalue weighted by molar-refractivity contribution is -0.211. The Morgan fingerprint density at radius 1 is 0.833 bits per heavy atom. The Balaban J connectivity index is 1.87. The predicted molar refractivity (Wildman–Crippen MR) is 59.6 cm³/mol. The standard InChI is InChI=1S/C12H20O6/c1-11(2)15-6-5-14-10(13)9-8(7(6)16-11)17-12(3,4)18-9/h6-10,13H,5H2,1-4H3/t6-,7-,8+,9-,10?/m1/s1. The van der Waals surface area contributed by atoms with E-state index >= 15 is 0 Å². The number of aliphatic hydroxyl groups is 1. The maximum Gasteiger partial charge on any atom is 0.184 e. The Hall–Kier alpha value is -0.240. The Morgan fingerprint density at radius 3 is 2.11 bits per heavy atom. The zero-order valence-electron chi connectivity index (χ0n) is 11.1. The minimum atomic E-state index is -1.02. The van der Waals surface area contributed by atoms with E-state index in [1.165, 1.54) is 0 Å². The van der Waals surface area contributed by atoms with Crippen LogP contribution >= 0.6 is 0 Å². The van der Waals surface area contributed by atoms with E-state index in [2.05, 4.69) is 0 Å². The van der Waals surface area contributed by atoms with Crippen LogP contribution in [0.2, 0.25) is 0 Å². The summed E-state index contributed by atoms with van der Waals surface area (Å²) in [6, 6.07) is 0. The summed E-state index contributed by atoms with van der Waals surface area (Å²) in [7, 11) is 0. The van der Waals surface area contributed by atoms with Gasteiger partial charge in [0.2, 0.25) is 0 Å². The molecule has 3 aliphatic rings. The molecule has 3 aliphatic heterocycles. The van der Waals surface area contributed by atoms with Gasteiger partial charge in [0.05, 0.1) is 6.61 Å². The number of hydrogen-bond acceptors (Lipinski definition) is 6. The van der Waals surface area contributed by atoms with E-state index in [1.807, 2.05) is 27.7 Å². The first-order valence-corrected chi connectivity index (χ1v) is 6.28. The molecule has 6 nitrogen and oxygen atoms in total. The predicted octanol–water partition coefficient (Wildman–Crippen LogP) is 0.375. The van der Waals surface area contributed by atoms with Crippen molar-refractivity contribution in [2.75, 3.05) is 6.61 Å². The summed E-state index contributed by atoms with van der Waals surface area (Å²) in [6.45, 7) is 7.60. The molecule has 0 aromatic rings. The first-order valence-electron chi connectivity index (χ1n) is 6.28. The molecular formula is C12H20O6. The molecule has 0 aromatic carbocycles. The van der Waals surface area contributed by atoms with E-state index in [0.29, 0.717) is 0 Å². The Morgan fingerprint density at radius 2 is 1.39 bits per heavy atom. The second-order valence-corrected chi connectivity index (χ2v) is 5.93. The van der Waals surface area contributed by atoms with Crippen molar-refractivity contribution in [3.63, 3.8) is 0 Å². The van der Waals surface area contributed by atoms with E-state index in [-0.39, 0.29) is 24.9 Å². The van der Waals surface area contributed by atoms with Crippen LogP contribution in [0.5, 0.6) is 0 Å². The number of rotatable bonds is 0. The second-order valence-electron chi connectivity index (χ2n) is 5.93. The van der Waals surface area contributed by atoms with E-state index in [4.69, 9.17) is 23.7 Å². The average molecular weight is 260 g/mol. The lowest BCUT2D eigenvalue weighted by Gasteiger charge is -2.24. The molecule has 3 saturated heterocycles. The number of ether oxygens (including phenoxy) is 5. The van der Waals surface area contributed by atoms with Gasteiger partial charge in [-0.05, 0) is 27.7 Å². The van der Waals surface area contributed by atoms with Gasteiger partial charge in [0, 0.05) is 0 Å². The van der Waals surface area contributed by atoms with Crippen molar-refractivity contribution in [2.45, 2.75) is 70.0 Å². The summed E-state index contributed by atoms with van der Waals surface area (Å²) in [4.78, 5) is 0. The van der Waals surface area contributed by atoms with Gasteiger partial charge >= 0.3 is 0 Å². The molecule has 3 heterocycles. The molecule has 3 rings (SSSR count). The minimum absolute atomic E-state index is 0.248. The Labute approximate surface area is 106 Å². The van der Waals surface area contributed by atoms with E-state index in [1.54, 1.807) is 0 Å². The maximum atomic E-state index is 9.94. The van der Waals surface area contributed by atoms with Crippen molar-refractivity contribution in [3.05, 3.63) is 0 Å². The molecule has 0 radical (unpaired) electrons. The summed E-state index contributed by atoms with van der Waals surface area (Å²) in [6.07, 6.45) is -2.49.